The van der Waals surface area contributed by atoms with Crippen molar-refractivity contribution < 1.29 is 4.79 Å². The molecule has 0 aliphatic rings. The summed E-state index contributed by atoms with van der Waals surface area (Å²) in [6, 6.07) is 7.17. The highest BCUT2D eigenvalue weighted by molar-refractivity contribution is 5.98. The monoisotopic (exact) mass is 215 g/mol. The van der Waals surface area contributed by atoms with Crippen molar-refractivity contribution in [1.82, 2.24) is 20.2 Å². The van der Waals surface area contributed by atoms with Crippen LogP contribution in [0, 0.1) is 0 Å². The van der Waals surface area contributed by atoms with Gasteiger partial charge in [0.15, 0.2) is 0 Å². The molecule has 6 heteroatoms. The number of anilines is 1. The van der Waals surface area contributed by atoms with Crippen molar-refractivity contribution in [2.45, 2.75) is 0 Å². The molecule has 1 N–H and O–H groups in total. The van der Waals surface area contributed by atoms with Crippen molar-refractivity contribution >= 4 is 11.6 Å². The first kappa shape index (κ1) is 10.0. The van der Waals surface area contributed by atoms with Gasteiger partial charge in [0.2, 0.25) is 5.91 Å². The molecule has 0 aliphatic heterocycles. The fourth-order valence-corrected chi connectivity index (χ4v) is 1.20. The third-order valence-electron chi connectivity index (χ3n) is 1.91. The average molecular weight is 215 g/mol. The Morgan fingerprint density at radius 1 is 1.50 bits per heavy atom. The zero-order valence-corrected chi connectivity index (χ0v) is 8.37. The SMILES string of the molecule is C=CC(=O)Nc1cccc(-n2cnnn2)c1. The molecule has 0 aliphatic carbocycles. The number of rotatable bonds is 3. The molecule has 1 aromatic heterocycles. The largest absolute Gasteiger partial charge is 0.322 e. The van der Waals surface area contributed by atoms with E-state index in [9.17, 15) is 4.79 Å². The van der Waals surface area contributed by atoms with Crippen molar-refractivity contribution in [1.29, 1.82) is 0 Å². The molecule has 1 heterocycles. The van der Waals surface area contributed by atoms with Crippen LogP contribution >= 0.6 is 0 Å². The zero-order valence-electron chi connectivity index (χ0n) is 8.37. The average Bonchev–Trinajstić information content (AvgIpc) is 2.83. The van der Waals surface area contributed by atoms with Crippen LogP contribution in [0.5, 0.6) is 0 Å². The van der Waals surface area contributed by atoms with E-state index in [2.05, 4.69) is 27.4 Å². The summed E-state index contributed by atoms with van der Waals surface area (Å²) < 4.78 is 1.50. The minimum Gasteiger partial charge on any atom is -0.322 e. The number of tetrazole rings is 1. The summed E-state index contributed by atoms with van der Waals surface area (Å²) in [5, 5.41) is 13.5. The van der Waals surface area contributed by atoms with Crippen LogP contribution in [-0.2, 0) is 4.79 Å². The molecule has 0 bridgehead atoms. The number of nitrogens with one attached hydrogen (secondary N) is 1. The van der Waals surface area contributed by atoms with E-state index in [4.69, 9.17) is 0 Å². The lowest BCUT2D eigenvalue weighted by Crippen LogP contribution is -2.07. The van der Waals surface area contributed by atoms with Gasteiger partial charge in [-0.1, -0.05) is 12.6 Å². The maximum absolute atomic E-state index is 11.1. The van der Waals surface area contributed by atoms with Crippen LogP contribution < -0.4 is 5.32 Å². The zero-order chi connectivity index (χ0) is 11.4. The minimum absolute atomic E-state index is 0.256. The van der Waals surface area contributed by atoms with E-state index in [0.29, 0.717) is 5.69 Å². The molecule has 0 radical (unpaired) electrons. The molecule has 6 nitrogen and oxygen atoms in total. The molecule has 2 rings (SSSR count). The summed E-state index contributed by atoms with van der Waals surface area (Å²) in [5.41, 5.74) is 1.43. The van der Waals surface area contributed by atoms with Gasteiger partial charge in [0.05, 0.1) is 5.69 Å². The first-order chi connectivity index (χ1) is 7.79. The molecule has 0 atom stereocenters. The number of hydrogen-bond acceptors (Lipinski definition) is 4. The maximum atomic E-state index is 11.1. The van der Waals surface area contributed by atoms with Crippen LogP contribution in [0.3, 0.4) is 0 Å². The van der Waals surface area contributed by atoms with Crippen LogP contribution in [-0.4, -0.2) is 26.1 Å². The maximum Gasteiger partial charge on any atom is 0.247 e. The number of benzene rings is 1. The second kappa shape index (κ2) is 4.35. The van der Waals surface area contributed by atoms with Crippen molar-refractivity contribution in [3.63, 3.8) is 0 Å². The van der Waals surface area contributed by atoms with E-state index >= 15 is 0 Å². The lowest BCUT2D eigenvalue weighted by molar-refractivity contribution is -0.111. The summed E-state index contributed by atoms with van der Waals surface area (Å²) in [5.74, 6) is -0.256. The molecule has 2 aromatic rings. The standard InChI is InChI=1S/C10H9N5O/c1-2-10(16)12-8-4-3-5-9(6-8)15-7-11-13-14-15/h2-7H,1H2,(H,12,16). The Hall–Kier alpha value is -2.50. The predicted molar refractivity (Wildman–Crippen MR) is 58.0 cm³/mol. The summed E-state index contributed by atoms with van der Waals surface area (Å²) in [6.07, 6.45) is 2.69. The summed E-state index contributed by atoms with van der Waals surface area (Å²) in [6.45, 7) is 3.38. The van der Waals surface area contributed by atoms with Gasteiger partial charge in [0.1, 0.15) is 6.33 Å². The van der Waals surface area contributed by atoms with Gasteiger partial charge in [-0.05, 0) is 34.7 Å². The Morgan fingerprint density at radius 3 is 3.06 bits per heavy atom. The molecular weight excluding hydrogens is 206 g/mol. The van der Waals surface area contributed by atoms with Gasteiger partial charge >= 0.3 is 0 Å². The minimum atomic E-state index is -0.256. The molecule has 0 unspecified atom stereocenters. The van der Waals surface area contributed by atoms with Gasteiger partial charge in [-0.25, -0.2) is 4.68 Å². The summed E-state index contributed by atoms with van der Waals surface area (Å²) in [4.78, 5) is 11.1. The Balaban J connectivity index is 2.26. The molecular formula is C10H9N5O. The quantitative estimate of drug-likeness (QED) is 0.768. The highest BCUT2D eigenvalue weighted by Crippen LogP contribution is 2.13. The van der Waals surface area contributed by atoms with Crippen molar-refractivity contribution in [3.05, 3.63) is 43.2 Å². The van der Waals surface area contributed by atoms with Crippen LogP contribution in [0.25, 0.3) is 5.69 Å². The number of amides is 1. The molecule has 0 saturated heterocycles. The number of carbonyl (C=O) groups is 1. The normalized spacial score (nSPS) is 9.75. The number of nitrogens with zero attached hydrogens (tertiary/aromatic N) is 4. The first-order valence-corrected chi connectivity index (χ1v) is 4.56. The second-order valence-corrected chi connectivity index (χ2v) is 3.00. The van der Waals surface area contributed by atoms with Gasteiger partial charge in [0, 0.05) is 5.69 Å². The molecule has 0 spiro atoms. The first-order valence-electron chi connectivity index (χ1n) is 4.56. The molecule has 1 aromatic carbocycles. The Bertz CT molecular complexity index is 506. The predicted octanol–water partition coefficient (Wildman–Crippen LogP) is 0.787. The summed E-state index contributed by atoms with van der Waals surface area (Å²) >= 11 is 0. The van der Waals surface area contributed by atoms with Crippen LogP contribution in [0.4, 0.5) is 5.69 Å². The third-order valence-corrected chi connectivity index (χ3v) is 1.91. The van der Waals surface area contributed by atoms with E-state index in [0.717, 1.165) is 5.69 Å². The van der Waals surface area contributed by atoms with Crippen molar-refractivity contribution in [2.75, 3.05) is 5.32 Å². The Labute approximate surface area is 91.6 Å². The van der Waals surface area contributed by atoms with Gasteiger partial charge in [-0.15, -0.1) is 5.10 Å². The summed E-state index contributed by atoms with van der Waals surface area (Å²) in [7, 11) is 0. The van der Waals surface area contributed by atoms with Gasteiger partial charge in [-0.3, -0.25) is 4.79 Å². The number of aromatic nitrogens is 4. The van der Waals surface area contributed by atoms with Crippen molar-refractivity contribution in [3.8, 4) is 5.69 Å². The van der Waals surface area contributed by atoms with Gasteiger partial charge < -0.3 is 5.32 Å². The lowest BCUT2D eigenvalue weighted by atomic mass is 10.3. The van der Waals surface area contributed by atoms with Gasteiger partial charge in [-0.2, -0.15) is 0 Å². The molecule has 80 valence electrons. The molecule has 16 heavy (non-hydrogen) atoms. The lowest BCUT2D eigenvalue weighted by Gasteiger charge is -2.04. The fraction of sp³-hybridized carbons (Fsp3) is 0. The van der Waals surface area contributed by atoms with Crippen LogP contribution in [0.2, 0.25) is 0 Å². The van der Waals surface area contributed by atoms with Crippen LogP contribution in [0.15, 0.2) is 43.2 Å². The van der Waals surface area contributed by atoms with E-state index < -0.39 is 0 Å². The van der Waals surface area contributed by atoms with E-state index in [-0.39, 0.29) is 5.91 Å². The molecule has 1 amide bonds. The van der Waals surface area contributed by atoms with E-state index in [1.165, 1.54) is 17.1 Å². The van der Waals surface area contributed by atoms with E-state index in [1.807, 2.05) is 6.07 Å². The Morgan fingerprint density at radius 2 is 2.38 bits per heavy atom. The number of carbonyl (C=O) groups excluding carboxylic acids is 1. The molecule has 0 saturated carbocycles. The van der Waals surface area contributed by atoms with Crippen LogP contribution in [0.1, 0.15) is 0 Å². The third kappa shape index (κ3) is 2.11. The fourth-order valence-electron chi connectivity index (χ4n) is 1.20. The molecule has 0 fully saturated rings. The topological polar surface area (TPSA) is 72.7 Å². The Kier molecular flexibility index (Phi) is 2.73. The van der Waals surface area contributed by atoms with E-state index in [1.54, 1.807) is 18.2 Å². The second-order valence-electron chi connectivity index (χ2n) is 3.00. The smallest absolute Gasteiger partial charge is 0.247 e. The van der Waals surface area contributed by atoms with Gasteiger partial charge in [0.25, 0.3) is 0 Å². The highest BCUT2D eigenvalue weighted by atomic mass is 16.1. The highest BCUT2D eigenvalue weighted by Gasteiger charge is 2.01. The number of hydrogen-bond donors (Lipinski definition) is 1. The van der Waals surface area contributed by atoms with Crippen molar-refractivity contribution in [2.24, 2.45) is 0 Å².